The van der Waals surface area contributed by atoms with E-state index in [4.69, 9.17) is 9.47 Å². The first kappa shape index (κ1) is 14.9. The summed E-state index contributed by atoms with van der Waals surface area (Å²) < 4.78 is 11.4. The van der Waals surface area contributed by atoms with Crippen LogP contribution in [0.3, 0.4) is 0 Å². The van der Waals surface area contributed by atoms with Gasteiger partial charge in [0.05, 0.1) is 13.2 Å². The standard InChI is InChI=1S/C17H19BrO2/c18-14-15-8-4-5-11-17(15)20-13-7-6-12-19-16-9-2-1-3-10-16/h1-5,8-11H,6-7,12-14H2. The number of ether oxygens (including phenoxy) is 2. The predicted molar refractivity (Wildman–Crippen MR) is 85.7 cm³/mol. The maximum Gasteiger partial charge on any atom is 0.123 e. The van der Waals surface area contributed by atoms with Crippen molar-refractivity contribution in [2.75, 3.05) is 13.2 Å². The van der Waals surface area contributed by atoms with Crippen LogP contribution in [0, 0.1) is 0 Å². The van der Waals surface area contributed by atoms with Crippen molar-refractivity contribution in [3.63, 3.8) is 0 Å². The smallest absolute Gasteiger partial charge is 0.123 e. The van der Waals surface area contributed by atoms with E-state index in [1.807, 2.05) is 48.5 Å². The van der Waals surface area contributed by atoms with E-state index in [0.717, 1.165) is 42.9 Å². The molecule has 2 aromatic rings. The van der Waals surface area contributed by atoms with E-state index < -0.39 is 0 Å². The average Bonchev–Trinajstić information content (AvgIpc) is 2.52. The van der Waals surface area contributed by atoms with Gasteiger partial charge in [0.25, 0.3) is 0 Å². The molecule has 3 heteroatoms. The number of rotatable bonds is 8. The first-order chi connectivity index (χ1) is 9.90. The summed E-state index contributed by atoms with van der Waals surface area (Å²) in [6.45, 7) is 1.45. The van der Waals surface area contributed by atoms with Crippen LogP contribution >= 0.6 is 15.9 Å². The monoisotopic (exact) mass is 334 g/mol. The summed E-state index contributed by atoms with van der Waals surface area (Å²) in [6, 6.07) is 18.0. The SMILES string of the molecule is BrCc1ccccc1OCCCCOc1ccccc1. The normalized spacial score (nSPS) is 10.2. The number of hydrogen-bond donors (Lipinski definition) is 0. The highest BCUT2D eigenvalue weighted by Crippen LogP contribution is 2.20. The molecule has 0 heterocycles. The molecular formula is C17H19BrO2. The number of halogens is 1. The van der Waals surface area contributed by atoms with Gasteiger partial charge in [-0.3, -0.25) is 0 Å². The lowest BCUT2D eigenvalue weighted by atomic mass is 10.2. The summed E-state index contributed by atoms with van der Waals surface area (Å²) in [6.07, 6.45) is 1.98. The highest BCUT2D eigenvalue weighted by atomic mass is 79.9. The molecule has 0 aliphatic carbocycles. The van der Waals surface area contributed by atoms with E-state index in [1.165, 1.54) is 5.56 Å². The van der Waals surface area contributed by atoms with Gasteiger partial charge in [-0.05, 0) is 31.0 Å². The van der Waals surface area contributed by atoms with Crippen LogP contribution in [0.5, 0.6) is 11.5 Å². The summed E-state index contributed by atoms with van der Waals surface area (Å²) in [7, 11) is 0. The van der Waals surface area contributed by atoms with Crippen LogP contribution in [-0.2, 0) is 5.33 Å². The Kier molecular flexibility index (Phi) is 6.45. The first-order valence-corrected chi connectivity index (χ1v) is 7.97. The van der Waals surface area contributed by atoms with Crippen molar-refractivity contribution in [1.29, 1.82) is 0 Å². The molecule has 20 heavy (non-hydrogen) atoms. The molecule has 0 unspecified atom stereocenters. The zero-order chi connectivity index (χ0) is 14.0. The second kappa shape index (κ2) is 8.64. The average molecular weight is 335 g/mol. The molecule has 0 saturated heterocycles. The van der Waals surface area contributed by atoms with Crippen LogP contribution < -0.4 is 9.47 Å². The lowest BCUT2D eigenvalue weighted by Crippen LogP contribution is -2.03. The van der Waals surface area contributed by atoms with Crippen LogP contribution in [0.25, 0.3) is 0 Å². The first-order valence-electron chi connectivity index (χ1n) is 6.84. The Bertz CT molecular complexity index is 499. The van der Waals surface area contributed by atoms with Gasteiger partial charge in [0.1, 0.15) is 11.5 Å². The van der Waals surface area contributed by atoms with E-state index in [0.29, 0.717) is 0 Å². The van der Waals surface area contributed by atoms with Gasteiger partial charge >= 0.3 is 0 Å². The maximum absolute atomic E-state index is 5.79. The van der Waals surface area contributed by atoms with E-state index >= 15 is 0 Å². The second-order valence-electron chi connectivity index (χ2n) is 4.46. The molecule has 0 aliphatic heterocycles. The summed E-state index contributed by atoms with van der Waals surface area (Å²) >= 11 is 3.47. The van der Waals surface area contributed by atoms with E-state index in [9.17, 15) is 0 Å². The number of para-hydroxylation sites is 2. The minimum atomic E-state index is 0.724. The van der Waals surface area contributed by atoms with Crippen molar-refractivity contribution < 1.29 is 9.47 Å². The number of unbranched alkanes of at least 4 members (excludes halogenated alkanes) is 1. The number of hydrogen-bond acceptors (Lipinski definition) is 2. The molecule has 2 rings (SSSR count). The van der Waals surface area contributed by atoms with Gasteiger partial charge in [0, 0.05) is 10.9 Å². The van der Waals surface area contributed by atoms with Gasteiger partial charge in [-0.15, -0.1) is 0 Å². The summed E-state index contributed by atoms with van der Waals surface area (Å²) in [5, 5.41) is 0.820. The van der Waals surface area contributed by atoms with Crippen molar-refractivity contribution >= 4 is 15.9 Å². The molecule has 0 saturated carbocycles. The van der Waals surface area contributed by atoms with Gasteiger partial charge in [-0.1, -0.05) is 52.3 Å². The van der Waals surface area contributed by atoms with Gasteiger partial charge in [-0.2, -0.15) is 0 Å². The van der Waals surface area contributed by atoms with Gasteiger partial charge < -0.3 is 9.47 Å². The third kappa shape index (κ3) is 4.89. The van der Waals surface area contributed by atoms with E-state index in [-0.39, 0.29) is 0 Å². The minimum Gasteiger partial charge on any atom is -0.494 e. The van der Waals surface area contributed by atoms with Gasteiger partial charge in [0.2, 0.25) is 0 Å². The van der Waals surface area contributed by atoms with E-state index in [1.54, 1.807) is 0 Å². The summed E-state index contributed by atoms with van der Waals surface area (Å²) in [4.78, 5) is 0. The largest absolute Gasteiger partial charge is 0.494 e. The molecule has 0 atom stereocenters. The fourth-order valence-electron chi connectivity index (χ4n) is 1.85. The molecule has 0 fully saturated rings. The molecule has 0 spiro atoms. The molecule has 0 N–H and O–H groups in total. The molecular weight excluding hydrogens is 316 g/mol. The molecule has 0 aromatic heterocycles. The topological polar surface area (TPSA) is 18.5 Å². The molecule has 0 bridgehead atoms. The second-order valence-corrected chi connectivity index (χ2v) is 5.02. The van der Waals surface area contributed by atoms with Crippen LogP contribution in [0.1, 0.15) is 18.4 Å². The fourth-order valence-corrected chi connectivity index (χ4v) is 2.31. The Morgan fingerprint density at radius 3 is 2.15 bits per heavy atom. The quantitative estimate of drug-likeness (QED) is 0.509. The van der Waals surface area contributed by atoms with Crippen LogP contribution in [0.2, 0.25) is 0 Å². The van der Waals surface area contributed by atoms with Crippen molar-refractivity contribution in [2.24, 2.45) is 0 Å². The molecule has 2 nitrogen and oxygen atoms in total. The lowest BCUT2D eigenvalue weighted by Gasteiger charge is -2.10. The predicted octanol–water partition coefficient (Wildman–Crippen LogP) is 4.82. The Morgan fingerprint density at radius 1 is 0.750 bits per heavy atom. The van der Waals surface area contributed by atoms with Crippen LogP contribution in [0.15, 0.2) is 54.6 Å². The van der Waals surface area contributed by atoms with Crippen LogP contribution in [0.4, 0.5) is 0 Å². The maximum atomic E-state index is 5.79. The Hall–Kier alpha value is -1.48. The van der Waals surface area contributed by atoms with Gasteiger partial charge in [0.15, 0.2) is 0 Å². The Labute approximate surface area is 128 Å². The zero-order valence-electron chi connectivity index (χ0n) is 11.4. The summed E-state index contributed by atoms with van der Waals surface area (Å²) in [5.41, 5.74) is 1.19. The minimum absolute atomic E-state index is 0.724. The van der Waals surface area contributed by atoms with Crippen LogP contribution in [-0.4, -0.2) is 13.2 Å². The molecule has 0 aliphatic rings. The Morgan fingerprint density at radius 2 is 1.40 bits per heavy atom. The molecule has 0 amide bonds. The zero-order valence-corrected chi connectivity index (χ0v) is 13.0. The van der Waals surface area contributed by atoms with E-state index in [2.05, 4.69) is 22.0 Å². The van der Waals surface area contributed by atoms with Crippen molar-refractivity contribution in [3.8, 4) is 11.5 Å². The lowest BCUT2D eigenvalue weighted by molar-refractivity contribution is 0.265. The van der Waals surface area contributed by atoms with Gasteiger partial charge in [-0.25, -0.2) is 0 Å². The van der Waals surface area contributed by atoms with Crippen molar-refractivity contribution in [1.82, 2.24) is 0 Å². The highest BCUT2D eigenvalue weighted by Gasteiger charge is 2.00. The number of benzene rings is 2. The summed E-state index contributed by atoms with van der Waals surface area (Å²) in [5.74, 6) is 1.89. The molecule has 0 radical (unpaired) electrons. The van der Waals surface area contributed by atoms with Crippen molar-refractivity contribution in [2.45, 2.75) is 18.2 Å². The fraction of sp³-hybridized carbons (Fsp3) is 0.294. The Balaban J connectivity index is 1.62. The highest BCUT2D eigenvalue weighted by molar-refractivity contribution is 9.08. The molecule has 106 valence electrons. The third-order valence-electron chi connectivity index (χ3n) is 2.92. The van der Waals surface area contributed by atoms with Crippen molar-refractivity contribution in [3.05, 3.63) is 60.2 Å². The number of alkyl halides is 1. The third-order valence-corrected chi connectivity index (χ3v) is 3.53. The molecule has 2 aromatic carbocycles.